The van der Waals surface area contributed by atoms with Crippen molar-refractivity contribution in [3.8, 4) is 0 Å². The third kappa shape index (κ3) is 5.17. The zero-order valence-corrected chi connectivity index (χ0v) is 14.8. The SMILES string of the molecule is O=C(CN1CCS(=O)(=O)CC1)N(Cc1ccccc1)Cc1ccco1. The van der Waals surface area contributed by atoms with Crippen LogP contribution in [0.15, 0.2) is 53.1 Å². The summed E-state index contributed by atoms with van der Waals surface area (Å²) in [7, 11) is -2.94. The number of hydrogen-bond acceptors (Lipinski definition) is 5. The number of furan rings is 1. The van der Waals surface area contributed by atoms with Crippen LogP contribution in [-0.4, -0.2) is 55.3 Å². The van der Waals surface area contributed by atoms with Crippen LogP contribution < -0.4 is 0 Å². The minimum atomic E-state index is -2.94. The third-order valence-corrected chi connectivity index (χ3v) is 5.90. The molecule has 1 saturated heterocycles. The van der Waals surface area contributed by atoms with E-state index >= 15 is 0 Å². The third-order valence-electron chi connectivity index (χ3n) is 4.29. The van der Waals surface area contributed by atoms with Gasteiger partial charge in [0.2, 0.25) is 5.91 Å². The Balaban J connectivity index is 1.66. The molecule has 6 nitrogen and oxygen atoms in total. The molecule has 1 amide bonds. The Kier molecular flexibility index (Phi) is 5.55. The lowest BCUT2D eigenvalue weighted by Crippen LogP contribution is -2.46. The summed E-state index contributed by atoms with van der Waals surface area (Å²) in [6, 6.07) is 13.4. The van der Waals surface area contributed by atoms with Gasteiger partial charge in [0.15, 0.2) is 9.84 Å². The van der Waals surface area contributed by atoms with Crippen molar-refractivity contribution >= 4 is 15.7 Å². The minimum Gasteiger partial charge on any atom is -0.467 e. The minimum absolute atomic E-state index is 0.0282. The van der Waals surface area contributed by atoms with Gasteiger partial charge in [-0.15, -0.1) is 0 Å². The zero-order chi connectivity index (χ0) is 17.7. The quantitative estimate of drug-likeness (QED) is 0.780. The molecule has 0 bridgehead atoms. The normalized spacial score (nSPS) is 17.3. The predicted molar refractivity (Wildman–Crippen MR) is 94.5 cm³/mol. The number of nitrogens with zero attached hydrogens (tertiary/aromatic N) is 2. The Labute approximate surface area is 148 Å². The van der Waals surface area contributed by atoms with Crippen molar-refractivity contribution in [3.63, 3.8) is 0 Å². The highest BCUT2D eigenvalue weighted by Gasteiger charge is 2.25. The van der Waals surface area contributed by atoms with Gasteiger partial charge in [0.25, 0.3) is 0 Å². The van der Waals surface area contributed by atoms with Crippen molar-refractivity contribution in [1.82, 2.24) is 9.80 Å². The van der Waals surface area contributed by atoms with E-state index in [1.807, 2.05) is 41.3 Å². The standard InChI is InChI=1S/C18H22N2O4S/c21-18(15-19-8-11-25(22,23)12-9-19)20(14-17-7-4-10-24-17)13-16-5-2-1-3-6-16/h1-7,10H,8-9,11-15H2. The summed E-state index contributed by atoms with van der Waals surface area (Å²) in [6.45, 7) is 1.93. The van der Waals surface area contributed by atoms with Gasteiger partial charge < -0.3 is 9.32 Å². The van der Waals surface area contributed by atoms with Gasteiger partial charge in [-0.3, -0.25) is 9.69 Å². The first-order valence-electron chi connectivity index (χ1n) is 8.29. The molecular formula is C18H22N2O4S. The van der Waals surface area contributed by atoms with E-state index in [9.17, 15) is 13.2 Å². The molecule has 134 valence electrons. The van der Waals surface area contributed by atoms with Crippen molar-refractivity contribution in [2.45, 2.75) is 13.1 Å². The first kappa shape index (κ1) is 17.7. The monoisotopic (exact) mass is 362 g/mol. The molecule has 1 aliphatic heterocycles. The Morgan fingerprint density at radius 1 is 1.04 bits per heavy atom. The molecule has 0 N–H and O–H groups in total. The smallest absolute Gasteiger partial charge is 0.237 e. The van der Waals surface area contributed by atoms with Crippen LogP contribution in [0.25, 0.3) is 0 Å². The maximum Gasteiger partial charge on any atom is 0.237 e. The lowest BCUT2D eigenvalue weighted by atomic mass is 10.2. The van der Waals surface area contributed by atoms with Gasteiger partial charge in [0.1, 0.15) is 5.76 Å². The molecule has 0 unspecified atom stereocenters. The molecule has 2 heterocycles. The summed E-state index contributed by atoms with van der Waals surface area (Å²) in [6.07, 6.45) is 1.59. The van der Waals surface area contributed by atoms with Crippen LogP contribution >= 0.6 is 0 Å². The molecule has 2 aromatic rings. The largest absolute Gasteiger partial charge is 0.467 e. The fraction of sp³-hybridized carbons (Fsp3) is 0.389. The summed E-state index contributed by atoms with van der Waals surface area (Å²) < 4.78 is 28.5. The molecular weight excluding hydrogens is 340 g/mol. The number of amides is 1. The second-order valence-corrected chi connectivity index (χ2v) is 8.55. The second-order valence-electron chi connectivity index (χ2n) is 6.24. The summed E-state index contributed by atoms with van der Waals surface area (Å²) in [4.78, 5) is 16.5. The van der Waals surface area contributed by atoms with E-state index in [1.54, 1.807) is 17.2 Å². The molecule has 0 aliphatic carbocycles. The molecule has 1 aliphatic rings. The summed E-state index contributed by atoms with van der Waals surface area (Å²) in [5.74, 6) is 0.943. The fourth-order valence-corrected chi connectivity index (χ4v) is 4.10. The van der Waals surface area contributed by atoms with Crippen LogP contribution in [0.2, 0.25) is 0 Å². The van der Waals surface area contributed by atoms with Gasteiger partial charge in [-0.1, -0.05) is 30.3 Å². The summed E-state index contributed by atoms with van der Waals surface area (Å²) in [5, 5.41) is 0. The highest BCUT2D eigenvalue weighted by atomic mass is 32.2. The van der Waals surface area contributed by atoms with Gasteiger partial charge in [-0.2, -0.15) is 0 Å². The number of rotatable bonds is 6. The van der Waals surface area contributed by atoms with E-state index in [0.29, 0.717) is 26.2 Å². The molecule has 0 spiro atoms. The van der Waals surface area contributed by atoms with E-state index in [2.05, 4.69) is 0 Å². The van der Waals surface area contributed by atoms with E-state index in [4.69, 9.17) is 4.42 Å². The first-order valence-corrected chi connectivity index (χ1v) is 10.1. The number of carbonyl (C=O) groups is 1. The zero-order valence-electron chi connectivity index (χ0n) is 14.0. The predicted octanol–water partition coefficient (Wildman–Crippen LogP) is 1.54. The average Bonchev–Trinajstić information content (AvgIpc) is 3.10. The van der Waals surface area contributed by atoms with E-state index in [1.165, 1.54) is 0 Å². The van der Waals surface area contributed by atoms with Crippen LogP contribution in [0.1, 0.15) is 11.3 Å². The number of benzene rings is 1. The van der Waals surface area contributed by atoms with Gasteiger partial charge >= 0.3 is 0 Å². The first-order chi connectivity index (χ1) is 12.0. The van der Waals surface area contributed by atoms with Crippen molar-refractivity contribution in [2.75, 3.05) is 31.1 Å². The highest BCUT2D eigenvalue weighted by Crippen LogP contribution is 2.12. The van der Waals surface area contributed by atoms with Crippen molar-refractivity contribution < 1.29 is 17.6 Å². The Morgan fingerprint density at radius 3 is 2.40 bits per heavy atom. The fourth-order valence-electron chi connectivity index (χ4n) is 2.83. The van der Waals surface area contributed by atoms with Crippen LogP contribution in [0, 0.1) is 0 Å². The van der Waals surface area contributed by atoms with Gasteiger partial charge in [0, 0.05) is 19.6 Å². The summed E-state index contributed by atoms with van der Waals surface area (Å²) >= 11 is 0. The van der Waals surface area contributed by atoms with E-state index < -0.39 is 9.84 Å². The lowest BCUT2D eigenvalue weighted by molar-refractivity contribution is -0.133. The van der Waals surface area contributed by atoms with Crippen molar-refractivity contribution in [2.24, 2.45) is 0 Å². The van der Waals surface area contributed by atoms with Crippen LogP contribution in [0.3, 0.4) is 0 Å². The summed E-state index contributed by atoms with van der Waals surface area (Å²) in [5.41, 5.74) is 1.05. The number of sulfone groups is 1. The van der Waals surface area contributed by atoms with Crippen molar-refractivity contribution in [3.05, 3.63) is 60.1 Å². The molecule has 0 saturated carbocycles. The maximum absolute atomic E-state index is 12.8. The highest BCUT2D eigenvalue weighted by molar-refractivity contribution is 7.91. The molecule has 0 atom stereocenters. The molecule has 25 heavy (non-hydrogen) atoms. The molecule has 1 aromatic heterocycles. The molecule has 0 radical (unpaired) electrons. The van der Waals surface area contributed by atoms with Gasteiger partial charge in [-0.25, -0.2) is 8.42 Å². The van der Waals surface area contributed by atoms with E-state index in [0.717, 1.165) is 11.3 Å². The van der Waals surface area contributed by atoms with Gasteiger partial charge in [-0.05, 0) is 17.7 Å². The van der Waals surface area contributed by atoms with Gasteiger partial charge in [0.05, 0.1) is 30.9 Å². The lowest BCUT2D eigenvalue weighted by Gasteiger charge is -2.29. The number of hydrogen-bond donors (Lipinski definition) is 0. The van der Waals surface area contributed by atoms with Crippen molar-refractivity contribution in [1.29, 1.82) is 0 Å². The Bertz CT molecular complexity index is 774. The number of carbonyl (C=O) groups excluding carboxylic acids is 1. The Morgan fingerprint density at radius 2 is 1.76 bits per heavy atom. The van der Waals surface area contributed by atoms with Crippen LogP contribution in [0.5, 0.6) is 0 Å². The molecule has 3 rings (SSSR count). The maximum atomic E-state index is 12.8. The van der Waals surface area contributed by atoms with Crippen LogP contribution in [-0.2, 0) is 27.7 Å². The average molecular weight is 362 g/mol. The van der Waals surface area contributed by atoms with Crippen LogP contribution in [0.4, 0.5) is 0 Å². The molecule has 7 heteroatoms. The molecule has 1 fully saturated rings. The second kappa shape index (κ2) is 7.84. The molecule has 1 aromatic carbocycles. The Hall–Kier alpha value is -2.12. The topological polar surface area (TPSA) is 70.8 Å². The van der Waals surface area contributed by atoms with E-state index in [-0.39, 0.29) is 24.0 Å².